The minimum atomic E-state index is -0.512. The van der Waals surface area contributed by atoms with Crippen LogP contribution in [0.1, 0.15) is 38.3 Å². The summed E-state index contributed by atoms with van der Waals surface area (Å²) in [6.45, 7) is 10.6. The van der Waals surface area contributed by atoms with Crippen molar-refractivity contribution in [2.75, 3.05) is 13.2 Å². The number of ether oxygens (including phenoxy) is 2. The fourth-order valence-electron chi connectivity index (χ4n) is 2.86. The van der Waals surface area contributed by atoms with E-state index in [0.717, 1.165) is 23.3 Å². The van der Waals surface area contributed by atoms with Crippen molar-refractivity contribution < 1.29 is 14.3 Å². The number of hydrogen-bond donors (Lipinski definition) is 1. The molecule has 1 saturated heterocycles. The molecule has 0 saturated carbocycles. The summed E-state index contributed by atoms with van der Waals surface area (Å²) < 4.78 is 11.5. The van der Waals surface area contributed by atoms with Crippen LogP contribution in [0, 0.1) is 13.8 Å². The molecule has 0 aromatic heterocycles. The average molecular weight is 320 g/mol. The van der Waals surface area contributed by atoms with Gasteiger partial charge in [0.15, 0.2) is 0 Å². The van der Waals surface area contributed by atoms with Gasteiger partial charge in [-0.1, -0.05) is 18.2 Å². The highest BCUT2D eigenvalue weighted by Crippen LogP contribution is 2.25. The first-order chi connectivity index (χ1) is 10.7. The van der Waals surface area contributed by atoms with Crippen LogP contribution in [0.4, 0.5) is 4.79 Å². The number of likely N-dealkylation sites (tertiary alicyclic amines) is 1. The fraction of sp³-hybridized carbons (Fsp3) is 0.611. The Kier molecular flexibility index (Phi) is 5.19. The van der Waals surface area contributed by atoms with Crippen molar-refractivity contribution in [1.29, 1.82) is 0 Å². The van der Waals surface area contributed by atoms with Crippen molar-refractivity contribution >= 4 is 6.09 Å². The van der Waals surface area contributed by atoms with Crippen LogP contribution >= 0.6 is 0 Å². The Bertz CT molecular complexity index is 546. The molecule has 5 heteroatoms. The van der Waals surface area contributed by atoms with Gasteiger partial charge in [-0.25, -0.2) is 4.79 Å². The van der Waals surface area contributed by atoms with Gasteiger partial charge >= 0.3 is 6.09 Å². The number of rotatable bonds is 3. The molecular formula is C18H28N2O3. The van der Waals surface area contributed by atoms with Gasteiger partial charge in [-0.15, -0.1) is 0 Å². The van der Waals surface area contributed by atoms with E-state index >= 15 is 0 Å². The highest BCUT2D eigenvalue weighted by molar-refractivity contribution is 5.69. The van der Waals surface area contributed by atoms with Crippen LogP contribution in [0.3, 0.4) is 0 Å². The smallest absolute Gasteiger partial charge is 0.410 e. The molecule has 1 aromatic carbocycles. The molecular weight excluding hydrogens is 292 g/mol. The van der Waals surface area contributed by atoms with Crippen LogP contribution in [0.15, 0.2) is 18.2 Å². The molecule has 2 rings (SSSR count). The van der Waals surface area contributed by atoms with E-state index < -0.39 is 5.60 Å². The van der Waals surface area contributed by atoms with Gasteiger partial charge in [0.05, 0.1) is 6.04 Å². The van der Waals surface area contributed by atoms with Gasteiger partial charge in [-0.2, -0.15) is 0 Å². The first kappa shape index (κ1) is 17.6. The van der Waals surface area contributed by atoms with Gasteiger partial charge in [0.25, 0.3) is 0 Å². The molecule has 23 heavy (non-hydrogen) atoms. The second kappa shape index (κ2) is 6.79. The van der Waals surface area contributed by atoms with E-state index in [-0.39, 0.29) is 18.2 Å². The van der Waals surface area contributed by atoms with Crippen molar-refractivity contribution in [2.45, 2.75) is 58.7 Å². The zero-order valence-corrected chi connectivity index (χ0v) is 14.8. The molecule has 1 aliphatic heterocycles. The Hall–Kier alpha value is -1.75. The van der Waals surface area contributed by atoms with Crippen LogP contribution in [-0.2, 0) is 4.74 Å². The summed E-state index contributed by atoms with van der Waals surface area (Å²) in [6, 6.07) is 5.96. The molecule has 1 fully saturated rings. The fourth-order valence-corrected chi connectivity index (χ4v) is 2.86. The van der Waals surface area contributed by atoms with Crippen molar-refractivity contribution in [3.8, 4) is 5.75 Å². The second-order valence-corrected chi connectivity index (χ2v) is 7.31. The normalized spacial score (nSPS) is 21.4. The van der Waals surface area contributed by atoms with E-state index in [0.29, 0.717) is 13.2 Å². The quantitative estimate of drug-likeness (QED) is 0.930. The average Bonchev–Trinajstić information content (AvgIpc) is 2.77. The predicted molar refractivity (Wildman–Crippen MR) is 90.7 cm³/mol. The lowest BCUT2D eigenvalue weighted by atomic mass is 10.1. The molecule has 0 radical (unpaired) electrons. The molecule has 0 aliphatic carbocycles. The van der Waals surface area contributed by atoms with E-state index in [1.807, 2.05) is 52.8 Å². The van der Waals surface area contributed by atoms with Crippen LogP contribution in [-0.4, -0.2) is 41.8 Å². The minimum absolute atomic E-state index is 0.0333. The summed E-state index contributed by atoms with van der Waals surface area (Å²) >= 11 is 0. The van der Waals surface area contributed by atoms with Gasteiger partial charge in [-0.3, -0.25) is 0 Å². The first-order valence-corrected chi connectivity index (χ1v) is 8.11. The Balaban J connectivity index is 2.04. The van der Waals surface area contributed by atoms with Crippen molar-refractivity contribution in [3.63, 3.8) is 0 Å². The second-order valence-electron chi connectivity index (χ2n) is 7.31. The van der Waals surface area contributed by atoms with Gasteiger partial charge in [0, 0.05) is 12.6 Å². The number of aryl methyl sites for hydroxylation is 2. The number of hydrogen-bond acceptors (Lipinski definition) is 4. The molecule has 0 bridgehead atoms. The highest BCUT2D eigenvalue weighted by Gasteiger charge is 2.36. The number of para-hydroxylation sites is 1. The van der Waals surface area contributed by atoms with Crippen LogP contribution in [0.2, 0.25) is 0 Å². The number of carbonyl (C=O) groups is 1. The molecule has 2 N–H and O–H groups in total. The molecule has 1 aromatic rings. The number of amides is 1. The molecule has 5 nitrogen and oxygen atoms in total. The lowest BCUT2D eigenvalue weighted by Gasteiger charge is -2.28. The summed E-state index contributed by atoms with van der Waals surface area (Å²) in [5, 5.41) is 0. The molecule has 0 unspecified atom stereocenters. The number of benzene rings is 1. The van der Waals surface area contributed by atoms with E-state index in [1.54, 1.807) is 4.90 Å². The molecule has 1 aliphatic rings. The standard InChI is InChI=1S/C18H28N2O3/c1-12-7-6-8-13(2)16(12)22-11-15-9-14(19)10-20(15)17(21)23-18(3,4)5/h6-8,14-15H,9-11,19H2,1-5H3/t14-,15-/m0/s1. The SMILES string of the molecule is Cc1cccc(C)c1OC[C@@H]1C[C@H](N)CN1C(=O)OC(C)(C)C. The maximum absolute atomic E-state index is 12.4. The van der Waals surface area contributed by atoms with Crippen LogP contribution in [0.5, 0.6) is 5.75 Å². The first-order valence-electron chi connectivity index (χ1n) is 8.11. The van der Waals surface area contributed by atoms with Crippen molar-refractivity contribution in [3.05, 3.63) is 29.3 Å². The molecule has 2 atom stereocenters. The summed E-state index contributed by atoms with van der Waals surface area (Å²) in [5.74, 6) is 0.886. The number of carbonyl (C=O) groups excluding carboxylic acids is 1. The van der Waals surface area contributed by atoms with Crippen molar-refractivity contribution in [2.24, 2.45) is 5.73 Å². The third-order valence-electron chi connectivity index (χ3n) is 3.90. The molecule has 128 valence electrons. The van der Waals surface area contributed by atoms with Gasteiger partial charge in [0.1, 0.15) is 18.0 Å². The third kappa shape index (κ3) is 4.61. The van der Waals surface area contributed by atoms with Crippen LogP contribution < -0.4 is 10.5 Å². The summed E-state index contributed by atoms with van der Waals surface area (Å²) in [7, 11) is 0. The van der Waals surface area contributed by atoms with E-state index in [9.17, 15) is 4.79 Å². The highest BCUT2D eigenvalue weighted by atomic mass is 16.6. The molecule has 1 heterocycles. The zero-order chi connectivity index (χ0) is 17.2. The maximum Gasteiger partial charge on any atom is 0.410 e. The Morgan fingerprint density at radius 3 is 2.48 bits per heavy atom. The van der Waals surface area contributed by atoms with E-state index in [2.05, 4.69) is 0 Å². The summed E-state index contributed by atoms with van der Waals surface area (Å²) in [5.41, 5.74) is 7.72. The summed E-state index contributed by atoms with van der Waals surface area (Å²) in [4.78, 5) is 14.1. The zero-order valence-electron chi connectivity index (χ0n) is 14.8. The van der Waals surface area contributed by atoms with Gasteiger partial charge < -0.3 is 20.1 Å². The van der Waals surface area contributed by atoms with Gasteiger partial charge in [-0.05, 0) is 52.2 Å². The number of nitrogens with zero attached hydrogens (tertiary/aromatic N) is 1. The third-order valence-corrected chi connectivity index (χ3v) is 3.90. The topological polar surface area (TPSA) is 64.8 Å². The lowest BCUT2D eigenvalue weighted by molar-refractivity contribution is 0.0186. The monoisotopic (exact) mass is 320 g/mol. The predicted octanol–water partition coefficient (Wildman–Crippen LogP) is 3.02. The van der Waals surface area contributed by atoms with Crippen molar-refractivity contribution in [1.82, 2.24) is 4.90 Å². The number of nitrogens with two attached hydrogens (primary N) is 1. The Morgan fingerprint density at radius 1 is 1.30 bits per heavy atom. The largest absolute Gasteiger partial charge is 0.491 e. The van der Waals surface area contributed by atoms with E-state index in [1.165, 1.54) is 0 Å². The van der Waals surface area contributed by atoms with E-state index in [4.69, 9.17) is 15.2 Å². The Morgan fingerprint density at radius 2 is 1.91 bits per heavy atom. The molecule has 1 amide bonds. The summed E-state index contributed by atoms with van der Waals surface area (Å²) in [6.07, 6.45) is 0.407. The molecule has 0 spiro atoms. The van der Waals surface area contributed by atoms with Crippen LogP contribution in [0.25, 0.3) is 0 Å². The lowest BCUT2D eigenvalue weighted by Crippen LogP contribution is -2.42. The maximum atomic E-state index is 12.4. The minimum Gasteiger partial charge on any atom is -0.491 e. The van der Waals surface area contributed by atoms with Gasteiger partial charge in [0.2, 0.25) is 0 Å². The Labute approximate surface area is 138 Å².